The normalized spacial score (nSPS) is 20.2. The molecule has 150 valence electrons. The highest BCUT2D eigenvalue weighted by Crippen LogP contribution is 2.29. The Morgan fingerprint density at radius 3 is 2.52 bits per heavy atom. The number of carbonyl (C=O) groups excluding carboxylic acids is 2. The third-order valence-corrected chi connectivity index (χ3v) is 5.33. The fourth-order valence-electron chi connectivity index (χ4n) is 3.30. The summed E-state index contributed by atoms with van der Waals surface area (Å²) in [5.41, 5.74) is 1.85. The Balaban J connectivity index is 2.22. The van der Waals surface area contributed by atoms with Gasteiger partial charge in [0.05, 0.1) is 12.7 Å². The zero-order chi connectivity index (χ0) is 20.4. The summed E-state index contributed by atoms with van der Waals surface area (Å²) in [5, 5.41) is 0. The van der Waals surface area contributed by atoms with E-state index in [9.17, 15) is 9.59 Å². The first-order valence-electron chi connectivity index (χ1n) is 9.06. The highest BCUT2D eigenvalue weighted by atomic mass is 79.9. The fourth-order valence-corrected chi connectivity index (χ4v) is 4.08. The summed E-state index contributed by atoms with van der Waals surface area (Å²) in [6.07, 6.45) is 0.586. The van der Waals surface area contributed by atoms with Crippen LogP contribution in [0.25, 0.3) is 0 Å². The van der Waals surface area contributed by atoms with Crippen molar-refractivity contribution in [3.63, 3.8) is 0 Å². The maximum absolute atomic E-state index is 12.5. The van der Waals surface area contributed by atoms with E-state index in [4.69, 9.17) is 9.47 Å². The maximum Gasteiger partial charge on any atom is 0.410 e. The predicted molar refractivity (Wildman–Crippen MR) is 110 cm³/mol. The van der Waals surface area contributed by atoms with Gasteiger partial charge in [-0.05, 0) is 51.8 Å². The molecule has 1 aliphatic heterocycles. The van der Waals surface area contributed by atoms with E-state index < -0.39 is 5.60 Å². The Labute approximate surface area is 169 Å². The highest BCUT2D eigenvalue weighted by Gasteiger charge is 2.34. The molecule has 0 aromatic heterocycles. The molecule has 1 saturated heterocycles. The van der Waals surface area contributed by atoms with Crippen LogP contribution in [-0.4, -0.2) is 60.7 Å². The molecule has 1 aliphatic rings. The van der Waals surface area contributed by atoms with E-state index >= 15 is 0 Å². The summed E-state index contributed by atoms with van der Waals surface area (Å²) in [7, 11) is 3.37. The zero-order valence-electron chi connectivity index (χ0n) is 16.9. The molecular weight excluding hydrogens is 412 g/mol. The number of likely N-dealkylation sites (tertiary alicyclic amines) is 1. The number of esters is 1. The van der Waals surface area contributed by atoms with Gasteiger partial charge in [0.2, 0.25) is 0 Å². The number of likely N-dealkylation sites (N-methyl/N-ethyl adjacent to an activating group) is 1. The van der Waals surface area contributed by atoms with Gasteiger partial charge in [0.25, 0.3) is 0 Å². The van der Waals surface area contributed by atoms with Crippen LogP contribution in [0, 0.1) is 6.92 Å². The minimum atomic E-state index is -0.525. The van der Waals surface area contributed by atoms with Crippen LogP contribution in [0.4, 0.5) is 10.5 Å². The summed E-state index contributed by atoms with van der Waals surface area (Å²) in [6.45, 7) is 8.69. The van der Waals surface area contributed by atoms with Gasteiger partial charge in [-0.3, -0.25) is 0 Å². The lowest BCUT2D eigenvalue weighted by Crippen LogP contribution is -2.53. The van der Waals surface area contributed by atoms with E-state index in [0.717, 1.165) is 17.7 Å². The standard InChI is InChI=1S/C20H29BrN2O4/c1-13-16(18(24)26-6)8-7-9-17(13)22(5)15-10-14(21)11-23(12-15)19(25)27-20(2,3)4/h7-9,14-15H,10-12H2,1-6H3. The lowest BCUT2D eigenvalue weighted by molar-refractivity contribution is 0.0206. The van der Waals surface area contributed by atoms with Crippen LogP contribution in [0.5, 0.6) is 0 Å². The van der Waals surface area contributed by atoms with E-state index in [1.807, 2.05) is 46.9 Å². The van der Waals surface area contributed by atoms with Crippen LogP contribution in [0.1, 0.15) is 43.1 Å². The Bertz CT molecular complexity index is 702. The lowest BCUT2D eigenvalue weighted by Gasteiger charge is -2.41. The van der Waals surface area contributed by atoms with E-state index in [-0.39, 0.29) is 22.9 Å². The van der Waals surface area contributed by atoms with Crippen LogP contribution < -0.4 is 4.90 Å². The summed E-state index contributed by atoms with van der Waals surface area (Å²) in [4.78, 5) is 28.6. The van der Waals surface area contributed by atoms with Gasteiger partial charge < -0.3 is 19.3 Å². The number of ether oxygens (including phenoxy) is 2. The average Bonchev–Trinajstić information content (AvgIpc) is 2.58. The molecular formula is C20H29BrN2O4. The van der Waals surface area contributed by atoms with Crippen LogP contribution in [-0.2, 0) is 9.47 Å². The topological polar surface area (TPSA) is 59.1 Å². The monoisotopic (exact) mass is 440 g/mol. The van der Waals surface area contributed by atoms with Crippen molar-refractivity contribution >= 4 is 33.7 Å². The third kappa shape index (κ3) is 5.37. The third-order valence-electron chi connectivity index (χ3n) is 4.67. The molecule has 0 aliphatic carbocycles. The molecule has 7 heteroatoms. The van der Waals surface area contributed by atoms with Crippen molar-refractivity contribution in [1.29, 1.82) is 0 Å². The number of rotatable bonds is 3. The van der Waals surface area contributed by atoms with Crippen molar-refractivity contribution in [2.75, 3.05) is 32.1 Å². The molecule has 1 aromatic carbocycles. The number of amides is 1. The molecule has 1 heterocycles. The molecule has 0 N–H and O–H groups in total. The summed E-state index contributed by atoms with van der Waals surface area (Å²) in [5.74, 6) is -0.347. The van der Waals surface area contributed by atoms with Crippen molar-refractivity contribution in [3.05, 3.63) is 29.3 Å². The van der Waals surface area contributed by atoms with Crippen LogP contribution in [0.2, 0.25) is 0 Å². The van der Waals surface area contributed by atoms with E-state index in [1.165, 1.54) is 7.11 Å². The molecule has 0 radical (unpaired) electrons. The van der Waals surface area contributed by atoms with Crippen LogP contribution >= 0.6 is 15.9 Å². The number of hydrogen-bond acceptors (Lipinski definition) is 5. The molecule has 0 spiro atoms. The second-order valence-electron chi connectivity index (χ2n) is 7.92. The summed E-state index contributed by atoms with van der Waals surface area (Å²) in [6, 6.07) is 5.70. The predicted octanol–water partition coefficient (Wildman–Crippen LogP) is 3.99. The molecule has 2 rings (SSSR count). The van der Waals surface area contributed by atoms with Crippen LogP contribution in [0.3, 0.4) is 0 Å². The summed E-state index contributed by atoms with van der Waals surface area (Å²) >= 11 is 3.68. The molecule has 1 fully saturated rings. The van der Waals surface area contributed by atoms with Crippen molar-refractivity contribution in [2.24, 2.45) is 0 Å². The van der Waals surface area contributed by atoms with Gasteiger partial charge in [0.1, 0.15) is 5.60 Å². The quantitative estimate of drug-likeness (QED) is 0.525. The minimum Gasteiger partial charge on any atom is -0.465 e. The van der Waals surface area contributed by atoms with Gasteiger partial charge in [-0.25, -0.2) is 9.59 Å². The zero-order valence-corrected chi connectivity index (χ0v) is 18.5. The van der Waals surface area contributed by atoms with Gasteiger partial charge in [-0.1, -0.05) is 22.0 Å². The van der Waals surface area contributed by atoms with Gasteiger partial charge in [0, 0.05) is 36.7 Å². The number of hydrogen-bond donors (Lipinski definition) is 0. The first kappa shape index (κ1) is 21.5. The average molecular weight is 441 g/mol. The SMILES string of the molecule is COC(=O)c1cccc(N(C)C2CC(Br)CN(C(=O)OC(C)(C)C)C2)c1C. The van der Waals surface area contributed by atoms with Gasteiger partial charge in [0.15, 0.2) is 0 Å². The fraction of sp³-hybridized carbons (Fsp3) is 0.600. The number of piperidine rings is 1. The number of benzene rings is 1. The van der Waals surface area contributed by atoms with Gasteiger partial charge in [-0.2, -0.15) is 0 Å². The lowest BCUT2D eigenvalue weighted by atomic mass is 10.0. The van der Waals surface area contributed by atoms with Crippen LogP contribution in [0.15, 0.2) is 18.2 Å². The Kier molecular flexibility index (Phi) is 6.78. The van der Waals surface area contributed by atoms with Crippen molar-refractivity contribution < 1.29 is 19.1 Å². The van der Waals surface area contributed by atoms with Crippen molar-refractivity contribution in [3.8, 4) is 0 Å². The largest absolute Gasteiger partial charge is 0.465 e. The van der Waals surface area contributed by atoms with Crippen molar-refractivity contribution in [1.82, 2.24) is 4.90 Å². The molecule has 27 heavy (non-hydrogen) atoms. The second-order valence-corrected chi connectivity index (χ2v) is 9.22. The smallest absolute Gasteiger partial charge is 0.410 e. The van der Waals surface area contributed by atoms with E-state index in [2.05, 4.69) is 20.8 Å². The Morgan fingerprint density at radius 1 is 1.26 bits per heavy atom. The van der Waals surface area contributed by atoms with E-state index in [0.29, 0.717) is 18.7 Å². The van der Waals surface area contributed by atoms with Gasteiger partial charge in [-0.15, -0.1) is 0 Å². The molecule has 2 unspecified atom stereocenters. The minimum absolute atomic E-state index is 0.0993. The number of anilines is 1. The molecule has 6 nitrogen and oxygen atoms in total. The Hall–Kier alpha value is -1.76. The maximum atomic E-state index is 12.5. The first-order chi connectivity index (χ1) is 12.5. The van der Waals surface area contributed by atoms with E-state index in [1.54, 1.807) is 11.0 Å². The number of alkyl halides is 1. The first-order valence-corrected chi connectivity index (χ1v) is 9.97. The molecule has 2 atom stereocenters. The molecule has 0 saturated carbocycles. The number of carbonyl (C=O) groups is 2. The second kappa shape index (κ2) is 8.50. The molecule has 1 aromatic rings. The molecule has 1 amide bonds. The van der Waals surface area contributed by atoms with Crippen molar-refractivity contribution in [2.45, 2.75) is 50.6 Å². The summed E-state index contributed by atoms with van der Waals surface area (Å²) < 4.78 is 10.4. The number of halogens is 1. The number of methoxy groups -OCH3 is 1. The Morgan fingerprint density at radius 2 is 1.93 bits per heavy atom. The highest BCUT2D eigenvalue weighted by molar-refractivity contribution is 9.09. The number of nitrogens with zero attached hydrogens (tertiary/aromatic N) is 2. The van der Waals surface area contributed by atoms with Gasteiger partial charge >= 0.3 is 12.1 Å². The molecule has 0 bridgehead atoms.